The molecule has 1 heterocycles. The highest BCUT2D eigenvalue weighted by atomic mass is 15.3. The number of hydrogen-bond acceptors (Lipinski definition) is 2. The molecule has 1 aliphatic rings. The topological polar surface area (TPSA) is 43.8 Å². The fourth-order valence-corrected chi connectivity index (χ4v) is 1.98. The molecule has 2 atom stereocenters. The molecule has 0 radical (unpaired) electrons. The molecule has 1 aliphatic carbocycles. The standard InChI is InChI=1S/C10H17N3/c1-6-5-7(12-13(6)4)8-9(11)10(8,2)3/h5,8-9H,11H2,1-4H3/t8-,9-/m1/s1. The lowest BCUT2D eigenvalue weighted by atomic mass is 10.1. The highest BCUT2D eigenvalue weighted by Gasteiger charge is 2.57. The molecule has 1 fully saturated rings. The zero-order valence-electron chi connectivity index (χ0n) is 8.70. The lowest BCUT2D eigenvalue weighted by molar-refractivity contribution is 0.591. The van der Waals surface area contributed by atoms with Crippen LogP contribution in [0, 0.1) is 12.3 Å². The van der Waals surface area contributed by atoms with Crippen molar-refractivity contribution >= 4 is 0 Å². The molecule has 2 N–H and O–H groups in total. The van der Waals surface area contributed by atoms with Gasteiger partial charge in [-0.25, -0.2) is 0 Å². The maximum atomic E-state index is 5.99. The zero-order valence-corrected chi connectivity index (χ0v) is 8.70. The second kappa shape index (κ2) is 2.35. The Kier molecular flexibility index (Phi) is 1.58. The number of nitrogens with zero attached hydrogens (tertiary/aromatic N) is 2. The molecule has 0 amide bonds. The lowest BCUT2D eigenvalue weighted by Crippen LogP contribution is -2.06. The highest BCUT2D eigenvalue weighted by molar-refractivity contribution is 5.29. The van der Waals surface area contributed by atoms with Crippen molar-refractivity contribution in [2.75, 3.05) is 0 Å². The Morgan fingerprint density at radius 3 is 2.38 bits per heavy atom. The minimum atomic E-state index is 0.237. The Morgan fingerprint density at radius 1 is 1.54 bits per heavy atom. The SMILES string of the molecule is Cc1cc([C@@H]2[C@@H](N)C2(C)C)nn1C. The molecule has 0 aromatic carbocycles. The van der Waals surface area contributed by atoms with Crippen LogP contribution in [-0.2, 0) is 7.05 Å². The molecule has 0 aliphatic heterocycles. The van der Waals surface area contributed by atoms with Crippen LogP contribution < -0.4 is 5.73 Å². The number of nitrogens with two attached hydrogens (primary N) is 1. The normalized spacial score (nSPS) is 30.5. The van der Waals surface area contributed by atoms with E-state index in [2.05, 4.69) is 31.9 Å². The van der Waals surface area contributed by atoms with E-state index in [1.54, 1.807) is 0 Å². The molecule has 0 unspecified atom stereocenters. The molecule has 1 aromatic rings. The van der Waals surface area contributed by atoms with Gasteiger partial charge in [-0.2, -0.15) is 5.10 Å². The summed E-state index contributed by atoms with van der Waals surface area (Å²) in [6, 6.07) is 2.42. The summed E-state index contributed by atoms with van der Waals surface area (Å²) in [5.41, 5.74) is 8.57. The Hall–Kier alpha value is -0.830. The second-order valence-corrected chi connectivity index (χ2v) is 4.66. The third kappa shape index (κ3) is 1.10. The largest absolute Gasteiger partial charge is 0.327 e. The first-order chi connectivity index (χ1) is 5.94. The summed E-state index contributed by atoms with van der Waals surface area (Å²) < 4.78 is 1.91. The number of aryl methyl sites for hydroxylation is 2. The van der Waals surface area contributed by atoms with Crippen LogP contribution in [0.3, 0.4) is 0 Å². The molecular weight excluding hydrogens is 162 g/mol. The number of rotatable bonds is 1. The van der Waals surface area contributed by atoms with Crippen molar-refractivity contribution in [2.45, 2.75) is 32.7 Å². The van der Waals surface area contributed by atoms with E-state index < -0.39 is 0 Å². The molecule has 0 spiro atoms. The first-order valence-electron chi connectivity index (χ1n) is 4.70. The quantitative estimate of drug-likeness (QED) is 0.703. The van der Waals surface area contributed by atoms with Gasteiger partial charge < -0.3 is 5.73 Å². The summed E-state index contributed by atoms with van der Waals surface area (Å²) in [5, 5.41) is 4.45. The van der Waals surface area contributed by atoms with Gasteiger partial charge in [0.05, 0.1) is 5.69 Å². The molecule has 1 saturated carbocycles. The van der Waals surface area contributed by atoms with Gasteiger partial charge in [-0.3, -0.25) is 4.68 Å². The van der Waals surface area contributed by atoms with Gasteiger partial charge in [-0.1, -0.05) is 13.8 Å². The van der Waals surface area contributed by atoms with E-state index in [0.29, 0.717) is 5.92 Å². The molecular formula is C10H17N3. The molecule has 0 saturated heterocycles. The number of aromatic nitrogens is 2. The highest BCUT2D eigenvalue weighted by Crippen LogP contribution is 2.56. The molecule has 3 nitrogen and oxygen atoms in total. The van der Waals surface area contributed by atoms with E-state index in [0.717, 1.165) is 5.69 Å². The molecule has 13 heavy (non-hydrogen) atoms. The van der Waals surface area contributed by atoms with Crippen molar-refractivity contribution in [3.63, 3.8) is 0 Å². The molecule has 0 bridgehead atoms. The minimum absolute atomic E-state index is 0.237. The monoisotopic (exact) mass is 179 g/mol. The van der Waals surface area contributed by atoms with Gasteiger partial charge in [0.15, 0.2) is 0 Å². The maximum absolute atomic E-state index is 5.99. The van der Waals surface area contributed by atoms with E-state index in [1.807, 2.05) is 11.7 Å². The minimum Gasteiger partial charge on any atom is -0.327 e. The van der Waals surface area contributed by atoms with Gasteiger partial charge in [0, 0.05) is 24.7 Å². The molecule has 2 rings (SSSR count). The summed E-state index contributed by atoms with van der Waals surface area (Å²) >= 11 is 0. The van der Waals surface area contributed by atoms with Gasteiger partial charge in [-0.15, -0.1) is 0 Å². The van der Waals surface area contributed by atoms with Gasteiger partial charge >= 0.3 is 0 Å². The van der Waals surface area contributed by atoms with Crippen LogP contribution in [0.1, 0.15) is 31.2 Å². The maximum Gasteiger partial charge on any atom is 0.0679 e. The Bertz CT molecular complexity index is 318. The summed E-state index contributed by atoms with van der Waals surface area (Å²) in [4.78, 5) is 0. The van der Waals surface area contributed by atoms with Crippen LogP contribution in [0.5, 0.6) is 0 Å². The predicted molar refractivity (Wildman–Crippen MR) is 52.4 cm³/mol. The van der Waals surface area contributed by atoms with Gasteiger partial charge in [0.25, 0.3) is 0 Å². The smallest absolute Gasteiger partial charge is 0.0679 e. The van der Waals surface area contributed by atoms with E-state index in [-0.39, 0.29) is 11.5 Å². The summed E-state index contributed by atoms with van der Waals surface area (Å²) in [6.07, 6.45) is 0. The molecule has 1 aromatic heterocycles. The van der Waals surface area contributed by atoms with Crippen LogP contribution >= 0.6 is 0 Å². The average Bonchev–Trinajstić information content (AvgIpc) is 2.34. The van der Waals surface area contributed by atoms with Crippen LogP contribution in [0.2, 0.25) is 0 Å². The average molecular weight is 179 g/mol. The van der Waals surface area contributed by atoms with Crippen molar-refractivity contribution in [1.29, 1.82) is 0 Å². The summed E-state index contributed by atoms with van der Waals surface area (Å²) in [6.45, 7) is 6.47. The third-order valence-electron chi connectivity index (χ3n) is 3.36. The van der Waals surface area contributed by atoms with Gasteiger partial charge in [0.2, 0.25) is 0 Å². The summed E-state index contributed by atoms with van der Waals surface area (Å²) in [7, 11) is 1.97. The zero-order chi connectivity index (χ0) is 9.80. The lowest BCUT2D eigenvalue weighted by Gasteiger charge is -1.97. The van der Waals surface area contributed by atoms with Crippen LogP contribution in [0.25, 0.3) is 0 Å². The Balaban J connectivity index is 2.29. The van der Waals surface area contributed by atoms with Crippen molar-refractivity contribution in [1.82, 2.24) is 9.78 Å². The van der Waals surface area contributed by atoms with Crippen molar-refractivity contribution < 1.29 is 0 Å². The first-order valence-corrected chi connectivity index (χ1v) is 4.70. The van der Waals surface area contributed by atoms with E-state index in [9.17, 15) is 0 Å². The van der Waals surface area contributed by atoms with Crippen LogP contribution in [-0.4, -0.2) is 15.8 Å². The molecule has 3 heteroatoms. The van der Waals surface area contributed by atoms with Crippen LogP contribution in [0.4, 0.5) is 0 Å². The van der Waals surface area contributed by atoms with Crippen LogP contribution in [0.15, 0.2) is 6.07 Å². The Labute approximate surface area is 78.9 Å². The van der Waals surface area contributed by atoms with Gasteiger partial charge in [-0.05, 0) is 18.4 Å². The third-order valence-corrected chi connectivity index (χ3v) is 3.36. The fourth-order valence-electron chi connectivity index (χ4n) is 1.98. The fraction of sp³-hybridized carbons (Fsp3) is 0.700. The Morgan fingerprint density at radius 2 is 2.08 bits per heavy atom. The van der Waals surface area contributed by atoms with E-state index in [1.165, 1.54) is 5.69 Å². The van der Waals surface area contributed by atoms with Crippen molar-refractivity contribution in [2.24, 2.45) is 18.2 Å². The van der Waals surface area contributed by atoms with Crippen molar-refractivity contribution in [3.8, 4) is 0 Å². The molecule has 72 valence electrons. The van der Waals surface area contributed by atoms with Crippen molar-refractivity contribution in [3.05, 3.63) is 17.5 Å². The van der Waals surface area contributed by atoms with Gasteiger partial charge in [0.1, 0.15) is 0 Å². The van der Waals surface area contributed by atoms with E-state index in [4.69, 9.17) is 5.73 Å². The second-order valence-electron chi connectivity index (χ2n) is 4.66. The first kappa shape index (κ1) is 8.75. The van der Waals surface area contributed by atoms with E-state index >= 15 is 0 Å². The summed E-state index contributed by atoms with van der Waals surface area (Å²) in [5.74, 6) is 0.451. The predicted octanol–water partition coefficient (Wildman–Crippen LogP) is 1.18. The number of hydrogen-bond donors (Lipinski definition) is 1.